The van der Waals surface area contributed by atoms with E-state index in [0.717, 1.165) is 12.1 Å². The summed E-state index contributed by atoms with van der Waals surface area (Å²) >= 11 is 11.6. The van der Waals surface area contributed by atoms with Crippen molar-refractivity contribution in [2.24, 2.45) is 0 Å². The molecular formula is C19H22ClN4OS+. The van der Waals surface area contributed by atoms with E-state index in [1.165, 1.54) is 16.0 Å². The monoisotopic (exact) mass is 389 g/mol. The molecule has 0 aliphatic heterocycles. The molecular weight excluding hydrogens is 368 g/mol. The molecule has 0 saturated heterocycles. The zero-order valence-corrected chi connectivity index (χ0v) is 16.6. The smallest absolute Gasteiger partial charge is 0.221 e. The third-order valence-corrected chi connectivity index (χ3v) is 4.82. The SMILES string of the molecule is COc1ccc(Cl)cc1-c1nc(=S)n(C[NH+](C)Cc2ccccc2C)[nH]1. The van der Waals surface area contributed by atoms with Crippen LogP contribution in [-0.2, 0) is 13.2 Å². The molecule has 0 bridgehead atoms. The van der Waals surface area contributed by atoms with Crippen molar-refractivity contribution in [3.8, 4) is 17.1 Å². The number of methoxy groups -OCH3 is 1. The van der Waals surface area contributed by atoms with Crippen LogP contribution in [0.25, 0.3) is 11.4 Å². The first-order chi connectivity index (χ1) is 12.5. The van der Waals surface area contributed by atoms with Gasteiger partial charge in [-0.25, -0.2) is 4.68 Å². The highest BCUT2D eigenvalue weighted by molar-refractivity contribution is 7.71. The van der Waals surface area contributed by atoms with Gasteiger partial charge in [0.25, 0.3) is 0 Å². The third-order valence-electron chi connectivity index (χ3n) is 4.28. The number of aryl methyl sites for hydroxylation is 1. The molecule has 5 nitrogen and oxygen atoms in total. The highest BCUT2D eigenvalue weighted by atomic mass is 35.5. The number of H-pyrrole nitrogens is 1. The highest BCUT2D eigenvalue weighted by Gasteiger charge is 2.14. The summed E-state index contributed by atoms with van der Waals surface area (Å²) in [4.78, 5) is 5.77. The Balaban J connectivity index is 1.82. The average molecular weight is 390 g/mol. The number of rotatable bonds is 6. The Morgan fingerprint density at radius 2 is 2.04 bits per heavy atom. The second kappa shape index (κ2) is 8.03. The maximum atomic E-state index is 6.13. The van der Waals surface area contributed by atoms with Gasteiger partial charge >= 0.3 is 0 Å². The van der Waals surface area contributed by atoms with E-state index in [4.69, 9.17) is 28.6 Å². The predicted molar refractivity (Wildman–Crippen MR) is 106 cm³/mol. The molecule has 0 radical (unpaired) electrons. The molecule has 3 rings (SSSR count). The molecule has 1 heterocycles. The van der Waals surface area contributed by atoms with Crippen LogP contribution >= 0.6 is 23.8 Å². The van der Waals surface area contributed by atoms with Crippen molar-refractivity contribution in [2.45, 2.75) is 20.1 Å². The fourth-order valence-corrected chi connectivity index (χ4v) is 3.28. The van der Waals surface area contributed by atoms with Crippen LogP contribution in [0.3, 0.4) is 0 Å². The van der Waals surface area contributed by atoms with Crippen molar-refractivity contribution in [3.05, 3.63) is 63.4 Å². The standard InChI is InChI=1S/C19H21ClN4OS/c1-13-6-4-5-7-14(13)11-23(2)12-24-19(26)21-18(22-24)16-10-15(20)8-9-17(16)25-3/h4-10H,11-12H2,1-3H3,(H,21,22,26)/p+1. The number of aromatic nitrogens is 3. The maximum Gasteiger partial charge on any atom is 0.221 e. The Hall–Kier alpha value is -2.15. The van der Waals surface area contributed by atoms with E-state index in [0.29, 0.717) is 28.0 Å². The Morgan fingerprint density at radius 3 is 2.77 bits per heavy atom. The molecule has 136 valence electrons. The molecule has 1 aromatic heterocycles. The van der Waals surface area contributed by atoms with Crippen LogP contribution < -0.4 is 9.64 Å². The van der Waals surface area contributed by atoms with Gasteiger partial charge in [-0.05, 0) is 42.9 Å². The Labute approximate surface area is 163 Å². The van der Waals surface area contributed by atoms with Crippen LogP contribution in [0.1, 0.15) is 11.1 Å². The molecule has 3 aromatic rings. The second-order valence-corrected chi connectivity index (χ2v) is 7.15. The minimum atomic E-state index is 0.506. The van der Waals surface area contributed by atoms with E-state index in [-0.39, 0.29) is 0 Å². The average Bonchev–Trinajstić information content (AvgIpc) is 2.97. The minimum Gasteiger partial charge on any atom is -0.496 e. The number of halogens is 1. The normalized spacial score (nSPS) is 12.2. The molecule has 2 aromatic carbocycles. The largest absolute Gasteiger partial charge is 0.496 e. The van der Waals surface area contributed by atoms with Crippen LogP contribution in [0, 0.1) is 11.7 Å². The number of nitrogens with one attached hydrogen (secondary N) is 2. The van der Waals surface area contributed by atoms with Crippen LogP contribution in [0.2, 0.25) is 5.02 Å². The van der Waals surface area contributed by atoms with E-state index in [2.05, 4.69) is 48.3 Å². The Bertz CT molecular complexity index is 966. The summed E-state index contributed by atoms with van der Waals surface area (Å²) in [7, 11) is 3.76. The van der Waals surface area contributed by atoms with Gasteiger partial charge in [-0.2, -0.15) is 4.98 Å². The van der Waals surface area contributed by atoms with Gasteiger partial charge in [0.2, 0.25) is 4.77 Å². The van der Waals surface area contributed by atoms with Crippen LogP contribution in [-0.4, -0.2) is 28.9 Å². The van der Waals surface area contributed by atoms with Gasteiger partial charge in [0.1, 0.15) is 12.3 Å². The van der Waals surface area contributed by atoms with Crippen molar-refractivity contribution in [2.75, 3.05) is 14.2 Å². The van der Waals surface area contributed by atoms with Crippen molar-refractivity contribution in [1.82, 2.24) is 14.8 Å². The summed E-state index contributed by atoms with van der Waals surface area (Å²) in [5, 5.41) is 3.90. The number of ether oxygens (including phenoxy) is 1. The summed E-state index contributed by atoms with van der Waals surface area (Å²) in [6.07, 6.45) is 0. The molecule has 7 heteroatoms. The number of nitrogens with zero attached hydrogens (tertiary/aromatic N) is 2. The molecule has 0 fully saturated rings. The lowest BCUT2D eigenvalue weighted by molar-refractivity contribution is -0.917. The second-order valence-electron chi connectivity index (χ2n) is 6.35. The fourth-order valence-electron chi connectivity index (χ4n) is 2.91. The van der Waals surface area contributed by atoms with Gasteiger partial charge in [-0.15, -0.1) is 0 Å². The van der Waals surface area contributed by atoms with Gasteiger partial charge in [0.05, 0.1) is 19.7 Å². The first kappa shape index (κ1) is 18.6. The lowest BCUT2D eigenvalue weighted by Crippen LogP contribution is -3.07. The molecule has 0 saturated carbocycles. The third kappa shape index (κ3) is 4.15. The van der Waals surface area contributed by atoms with Gasteiger partial charge in [0, 0.05) is 10.6 Å². The number of benzene rings is 2. The molecule has 1 unspecified atom stereocenters. The molecule has 0 amide bonds. The summed E-state index contributed by atoms with van der Waals surface area (Å²) in [5.41, 5.74) is 3.42. The summed E-state index contributed by atoms with van der Waals surface area (Å²) in [5.74, 6) is 1.35. The quantitative estimate of drug-likeness (QED) is 0.636. The zero-order valence-electron chi connectivity index (χ0n) is 15.0. The number of hydrogen-bond acceptors (Lipinski definition) is 3. The minimum absolute atomic E-state index is 0.506. The van der Waals surface area contributed by atoms with Gasteiger partial charge in [-0.1, -0.05) is 35.9 Å². The van der Waals surface area contributed by atoms with Crippen LogP contribution in [0.5, 0.6) is 5.75 Å². The lowest BCUT2D eigenvalue weighted by atomic mass is 10.1. The molecule has 0 spiro atoms. The van der Waals surface area contributed by atoms with Crippen LogP contribution in [0.15, 0.2) is 42.5 Å². The van der Waals surface area contributed by atoms with E-state index in [1.807, 2.05) is 16.8 Å². The molecule has 2 N–H and O–H groups in total. The molecule has 26 heavy (non-hydrogen) atoms. The summed E-state index contributed by atoms with van der Waals surface area (Å²) < 4.78 is 7.79. The summed E-state index contributed by atoms with van der Waals surface area (Å²) in [6, 6.07) is 13.9. The summed E-state index contributed by atoms with van der Waals surface area (Å²) in [6.45, 7) is 3.72. The van der Waals surface area contributed by atoms with E-state index in [1.54, 1.807) is 13.2 Å². The first-order valence-corrected chi connectivity index (χ1v) is 9.13. The van der Waals surface area contributed by atoms with Crippen molar-refractivity contribution < 1.29 is 9.64 Å². The lowest BCUT2D eigenvalue weighted by Gasteiger charge is -2.15. The Morgan fingerprint density at radius 1 is 1.27 bits per heavy atom. The van der Waals surface area contributed by atoms with E-state index >= 15 is 0 Å². The first-order valence-electron chi connectivity index (χ1n) is 8.34. The maximum absolute atomic E-state index is 6.13. The van der Waals surface area contributed by atoms with E-state index in [9.17, 15) is 0 Å². The van der Waals surface area contributed by atoms with Crippen LogP contribution in [0.4, 0.5) is 0 Å². The highest BCUT2D eigenvalue weighted by Crippen LogP contribution is 2.30. The number of aromatic amines is 1. The topological polar surface area (TPSA) is 47.3 Å². The Kier molecular flexibility index (Phi) is 5.76. The number of quaternary nitrogens is 1. The van der Waals surface area contributed by atoms with Crippen molar-refractivity contribution in [1.29, 1.82) is 0 Å². The van der Waals surface area contributed by atoms with E-state index < -0.39 is 0 Å². The zero-order chi connectivity index (χ0) is 18.7. The molecule has 0 aliphatic rings. The van der Waals surface area contributed by atoms with Crippen molar-refractivity contribution >= 4 is 23.8 Å². The predicted octanol–water partition coefficient (Wildman–Crippen LogP) is 3.25. The van der Waals surface area contributed by atoms with Crippen molar-refractivity contribution in [3.63, 3.8) is 0 Å². The van der Waals surface area contributed by atoms with Gasteiger partial charge < -0.3 is 9.64 Å². The molecule has 1 atom stereocenters. The van der Waals surface area contributed by atoms with Gasteiger partial charge in [-0.3, -0.25) is 5.10 Å². The number of hydrogen-bond donors (Lipinski definition) is 2. The molecule has 0 aliphatic carbocycles. The van der Waals surface area contributed by atoms with Gasteiger partial charge in [0.15, 0.2) is 12.5 Å². The fraction of sp³-hybridized carbons (Fsp3) is 0.263.